The molecule has 0 saturated carbocycles. The quantitative estimate of drug-likeness (QED) is 0.310. The largest absolute Gasteiger partial charge is 0.369 e. The number of guanidine groups is 1. The van der Waals surface area contributed by atoms with E-state index in [1.807, 2.05) is 6.07 Å². The summed E-state index contributed by atoms with van der Waals surface area (Å²) in [5, 5.41) is 6.12. The molecule has 0 aromatic heterocycles. The SMILES string of the molecule is CN=C(NCc1ccc(C)c(F)c1)NCC(Cc1ccc(F)cc1)C(N)=O.I. The summed E-state index contributed by atoms with van der Waals surface area (Å²) >= 11 is 0. The summed E-state index contributed by atoms with van der Waals surface area (Å²) in [7, 11) is 1.60. The third kappa shape index (κ3) is 7.41. The summed E-state index contributed by atoms with van der Waals surface area (Å²) in [6.45, 7) is 2.36. The number of amides is 1. The van der Waals surface area contributed by atoms with E-state index < -0.39 is 11.8 Å². The van der Waals surface area contributed by atoms with Crippen molar-refractivity contribution in [3.63, 3.8) is 0 Å². The van der Waals surface area contributed by atoms with Gasteiger partial charge in [-0.15, -0.1) is 24.0 Å². The Morgan fingerprint density at radius 2 is 1.75 bits per heavy atom. The lowest BCUT2D eigenvalue weighted by Crippen LogP contribution is -2.42. The summed E-state index contributed by atoms with van der Waals surface area (Å²) in [6.07, 6.45) is 0.392. The van der Waals surface area contributed by atoms with Crippen molar-refractivity contribution in [2.45, 2.75) is 19.9 Å². The van der Waals surface area contributed by atoms with Crippen LogP contribution in [-0.4, -0.2) is 25.5 Å². The van der Waals surface area contributed by atoms with Gasteiger partial charge in [-0.2, -0.15) is 0 Å². The van der Waals surface area contributed by atoms with Crippen LogP contribution in [0.5, 0.6) is 0 Å². The molecule has 0 heterocycles. The van der Waals surface area contributed by atoms with E-state index in [2.05, 4.69) is 15.6 Å². The molecule has 28 heavy (non-hydrogen) atoms. The highest BCUT2D eigenvalue weighted by atomic mass is 127. The van der Waals surface area contributed by atoms with Crippen LogP contribution in [0.1, 0.15) is 16.7 Å². The van der Waals surface area contributed by atoms with E-state index in [-0.39, 0.29) is 42.2 Å². The zero-order valence-electron chi connectivity index (χ0n) is 15.8. The molecule has 0 radical (unpaired) electrons. The van der Waals surface area contributed by atoms with Crippen LogP contribution >= 0.6 is 24.0 Å². The second kappa shape index (κ2) is 11.6. The number of benzene rings is 2. The first kappa shape index (κ1) is 23.8. The molecule has 0 aliphatic rings. The molecule has 0 fully saturated rings. The lowest BCUT2D eigenvalue weighted by Gasteiger charge is -2.17. The summed E-state index contributed by atoms with van der Waals surface area (Å²) in [6, 6.07) is 11.0. The lowest BCUT2D eigenvalue weighted by atomic mass is 9.98. The molecule has 0 aliphatic carbocycles. The number of primary amides is 1. The Labute approximate surface area is 180 Å². The first-order valence-electron chi connectivity index (χ1n) is 8.62. The minimum Gasteiger partial charge on any atom is -0.369 e. The second-order valence-corrected chi connectivity index (χ2v) is 6.32. The van der Waals surface area contributed by atoms with E-state index in [0.29, 0.717) is 24.5 Å². The maximum absolute atomic E-state index is 13.6. The fourth-order valence-electron chi connectivity index (χ4n) is 2.55. The van der Waals surface area contributed by atoms with Crippen molar-refractivity contribution in [3.05, 3.63) is 70.8 Å². The average Bonchev–Trinajstić information content (AvgIpc) is 2.65. The van der Waals surface area contributed by atoms with E-state index in [1.54, 1.807) is 32.2 Å². The van der Waals surface area contributed by atoms with Crippen molar-refractivity contribution in [1.29, 1.82) is 0 Å². The van der Waals surface area contributed by atoms with Gasteiger partial charge < -0.3 is 16.4 Å². The minimum atomic E-state index is -0.481. The van der Waals surface area contributed by atoms with Crippen LogP contribution in [0, 0.1) is 24.5 Å². The molecule has 2 aromatic rings. The molecule has 1 atom stereocenters. The topological polar surface area (TPSA) is 79.5 Å². The number of nitrogens with two attached hydrogens (primary N) is 1. The Hall–Kier alpha value is -2.23. The molecule has 0 spiro atoms. The van der Waals surface area contributed by atoms with Crippen molar-refractivity contribution < 1.29 is 13.6 Å². The van der Waals surface area contributed by atoms with Gasteiger partial charge >= 0.3 is 0 Å². The lowest BCUT2D eigenvalue weighted by molar-refractivity contribution is -0.121. The predicted octanol–water partition coefficient (Wildman–Crippen LogP) is 2.90. The van der Waals surface area contributed by atoms with Gasteiger partial charge in [-0.1, -0.05) is 24.3 Å². The van der Waals surface area contributed by atoms with Crippen LogP contribution in [0.4, 0.5) is 8.78 Å². The van der Waals surface area contributed by atoms with Gasteiger partial charge in [0.25, 0.3) is 0 Å². The Kier molecular flexibility index (Phi) is 9.84. The molecular formula is C20H25F2IN4O. The summed E-state index contributed by atoms with van der Waals surface area (Å²) in [5.74, 6) is -1.05. The maximum atomic E-state index is 13.6. The third-order valence-electron chi connectivity index (χ3n) is 4.23. The number of halogens is 3. The summed E-state index contributed by atoms with van der Waals surface area (Å²) in [5.41, 5.74) is 7.67. The molecule has 2 rings (SSSR count). The van der Waals surface area contributed by atoms with E-state index in [4.69, 9.17) is 5.73 Å². The van der Waals surface area contributed by atoms with Crippen LogP contribution in [-0.2, 0) is 17.8 Å². The summed E-state index contributed by atoms with van der Waals surface area (Å²) in [4.78, 5) is 15.8. The number of carbonyl (C=O) groups excluding carboxylic acids is 1. The molecule has 8 heteroatoms. The fraction of sp³-hybridized carbons (Fsp3) is 0.300. The standard InChI is InChI=1S/C20H24F2N4O.HI/c1-13-3-4-15(10-18(13)22)11-25-20(24-2)26-12-16(19(23)27)9-14-5-7-17(21)8-6-14;/h3-8,10,16H,9,11-12H2,1-2H3,(H2,23,27)(H2,24,25,26);1H. The molecule has 152 valence electrons. The van der Waals surface area contributed by atoms with Crippen molar-refractivity contribution in [2.75, 3.05) is 13.6 Å². The van der Waals surface area contributed by atoms with Crippen molar-refractivity contribution in [2.24, 2.45) is 16.6 Å². The normalized spacial score (nSPS) is 12.1. The van der Waals surface area contributed by atoms with E-state index in [1.165, 1.54) is 18.2 Å². The van der Waals surface area contributed by atoms with Crippen molar-refractivity contribution in [3.8, 4) is 0 Å². The van der Waals surface area contributed by atoms with E-state index in [0.717, 1.165) is 11.1 Å². The molecule has 4 N–H and O–H groups in total. The van der Waals surface area contributed by atoms with Crippen LogP contribution in [0.3, 0.4) is 0 Å². The van der Waals surface area contributed by atoms with Gasteiger partial charge in [0.05, 0.1) is 5.92 Å². The first-order valence-corrected chi connectivity index (χ1v) is 8.62. The Morgan fingerprint density at radius 1 is 1.11 bits per heavy atom. The molecule has 0 saturated heterocycles. The van der Waals surface area contributed by atoms with Gasteiger partial charge in [0.2, 0.25) is 5.91 Å². The van der Waals surface area contributed by atoms with Crippen molar-refractivity contribution >= 4 is 35.8 Å². The molecule has 0 aliphatic heterocycles. The van der Waals surface area contributed by atoms with Crippen LogP contribution in [0.25, 0.3) is 0 Å². The van der Waals surface area contributed by atoms with Gasteiger partial charge in [-0.05, 0) is 48.2 Å². The van der Waals surface area contributed by atoms with Gasteiger partial charge in [-0.3, -0.25) is 9.79 Å². The zero-order chi connectivity index (χ0) is 19.8. The van der Waals surface area contributed by atoms with Crippen LogP contribution in [0.15, 0.2) is 47.5 Å². The van der Waals surface area contributed by atoms with Crippen LogP contribution < -0.4 is 16.4 Å². The Morgan fingerprint density at radius 3 is 2.32 bits per heavy atom. The number of aliphatic imine (C=N–C) groups is 1. The van der Waals surface area contributed by atoms with Gasteiger partial charge in [0.15, 0.2) is 5.96 Å². The zero-order valence-corrected chi connectivity index (χ0v) is 18.2. The minimum absolute atomic E-state index is 0. The third-order valence-corrected chi connectivity index (χ3v) is 4.23. The molecule has 1 amide bonds. The predicted molar refractivity (Wildman–Crippen MR) is 118 cm³/mol. The second-order valence-electron chi connectivity index (χ2n) is 6.32. The highest BCUT2D eigenvalue weighted by molar-refractivity contribution is 14.0. The molecule has 2 aromatic carbocycles. The van der Waals surface area contributed by atoms with E-state index >= 15 is 0 Å². The number of hydrogen-bond donors (Lipinski definition) is 3. The molecule has 0 bridgehead atoms. The van der Waals surface area contributed by atoms with Crippen molar-refractivity contribution in [1.82, 2.24) is 10.6 Å². The fourth-order valence-corrected chi connectivity index (χ4v) is 2.55. The number of carbonyl (C=O) groups is 1. The Bertz CT molecular complexity index is 812. The van der Waals surface area contributed by atoms with Gasteiger partial charge in [-0.25, -0.2) is 8.78 Å². The van der Waals surface area contributed by atoms with Gasteiger partial charge in [0.1, 0.15) is 11.6 Å². The molecule has 1 unspecified atom stereocenters. The number of nitrogens with zero attached hydrogens (tertiary/aromatic N) is 1. The van der Waals surface area contributed by atoms with E-state index in [9.17, 15) is 13.6 Å². The Balaban J connectivity index is 0.00000392. The highest BCUT2D eigenvalue weighted by Crippen LogP contribution is 2.10. The van der Waals surface area contributed by atoms with Gasteiger partial charge in [0, 0.05) is 20.1 Å². The summed E-state index contributed by atoms with van der Waals surface area (Å²) < 4.78 is 26.6. The first-order chi connectivity index (χ1) is 12.9. The number of hydrogen-bond acceptors (Lipinski definition) is 2. The molecular weight excluding hydrogens is 477 g/mol. The number of nitrogens with one attached hydrogen (secondary N) is 2. The monoisotopic (exact) mass is 502 g/mol. The number of aryl methyl sites for hydroxylation is 1. The molecule has 5 nitrogen and oxygen atoms in total. The maximum Gasteiger partial charge on any atom is 0.222 e. The smallest absolute Gasteiger partial charge is 0.222 e. The number of rotatable bonds is 7. The average molecular weight is 502 g/mol. The van der Waals surface area contributed by atoms with Crippen LogP contribution in [0.2, 0.25) is 0 Å². The highest BCUT2D eigenvalue weighted by Gasteiger charge is 2.16.